The molecule has 1 N–H and O–H groups in total. The van der Waals surface area contributed by atoms with Crippen LogP contribution in [0, 0.1) is 6.92 Å². The van der Waals surface area contributed by atoms with E-state index in [-0.39, 0.29) is 11.7 Å². The van der Waals surface area contributed by atoms with Crippen LogP contribution in [0.1, 0.15) is 19.5 Å². The minimum Gasteiger partial charge on any atom is -0.461 e. The summed E-state index contributed by atoms with van der Waals surface area (Å²) in [6.45, 7) is 8.18. The highest BCUT2D eigenvalue weighted by molar-refractivity contribution is 5.03. The minimum atomic E-state index is -0.139. The van der Waals surface area contributed by atoms with Gasteiger partial charge in [-0.05, 0) is 26.8 Å². The van der Waals surface area contributed by atoms with Crippen LogP contribution in [0.3, 0.4) is 0 Å². The van der Waals surface area contributed by atoms with E-state index in [1.165, 1.54) is 0 Å². The fourth-order valence-corrected chi connectivity index (χ4v) is 1.82. The maximum absolute atomic E-state index is 5.88. The summed E-state index contributed by atoms with van der Waals surface area (Å²) >= 11 is 0. The molecule has 5 heteroatoms. The van der Waals surface area contributed by atoms with Gasteiger partial charge in [0.05, 0.1) is 5.60 Å². The molecule has 0 radical (unpaired) electrons. The highest BCUT2D eigenvalue weighted by atomic mass is 16.6. The monoisotopic (exact) mass is 237 g/mol. The second-order valence-electron chi connectivity index (χ2n) is 4.92. The standard InChI is InChI=1S/C12H19N3O2/c1-9-4-5-14-11(15-9)16-7-10-6-13-8-12(2,3)17-10/h4-5,10,13H,6-8H2,1-3H3. The van der Waals surface area contributed by atoms with Crippen molar-refractivity contribution in [3.63, 3.8) is 0 Å². The van der Waals surface area contributed by atoms with Crippen LogP contribution in [0.2, 0.25) is 0 Å². The Bertz CT molecular complexity index is 382. The second kappa shape index (κ2) is 4.98. The molecule has 1 aromatic rings. The third-order valence-corrected chi connectivity index (χ3v) is 2.58. The summed E-state index contributed by atoms with van der Waals surface area (Å²) in [5.74, 6) is 0. The third-order valence-electron chi connectivity index (χ3n) is 2.58. The Labute approximate surface area is 102 Å². The molecule has 2 rings (SSSR count). The van der Waals surface area contributed by atoms with Crippen LogP contribution in [0.15, 0.2) is 12.3 Å². The van der Waals surface area contributed by atoms with Gasteiger partial charge in [0.25, 0.3) is 0 Å². The van der Waals surface area contributed by atoms with Gasteiger partial charge in [0.2, 0.25) is 0 Å². The molecule has 0 amide bonds. The van der Waals surface area contributed by atoms with Crippen LogP contribution in [0.25, 0.3) is 0 Å². The Kier molecular flexibility index (Phi) is 3.59. The molecule has 1 unspecified atom stereocenters. The van der Waals surface area contributed by atoms with Crippen LogP contribution < -0.4 is 10.1 Å². The van der Waals surface area contributed by atoms with Crippen LogP contribution in [-0.2, 0) is 4.74 Å². The van der Waals surface area contributed by atoms with E-state index in [1.54, 1.807) is 6.20 Å². The Morgan fingerprint density at radius 1 is 1.59 bits per heavy atom. The van der Waals surface area contributed by atoms with Crippen molar-refractivity contribution < 1.29 is 9.47 Å². The predicted octanol–water partition coefficient (Wildman–Crippen LogP) is 0.931. The molecule has 17 heavy (non-hydrogen) atoms. The maximum Gasteiger partial charge on any atom is 0.316 e. The first kappa shape index (κ1) is 12.3. The minimum absolute atomic E-state index is 0.0443. The molecular weight excluding hydrogens is 218 g/mol. The zero-order valence-corrected chi connectivity index (χ0v) is 10.6. The molecule has 1 aromatic heterocycles. The van der Waals surface area contributed by atoms with Gasteiger partial charge >= 0.3 is 6.01 Å². The molecule has 0 spiro atoms. The molecule has 5 nitrogen and oxygen atoms in total. The lowest BCUT2D eigenvalue weighted by molar-refractivity contribution is -0.107. The van der Waals surface area contributed by atoms with Crippen molar-refractivity contribution in [2.24, 2.45) is 0 Å². The van der Waals surface area contributed by atoms with E-state index < -0.39 is 0 Å². The molecule has 1 atom stereocenters. The summed E-state index contributed by atoms with van der Waals surface area (Å²) < 4.78 is 11.4. The maximum atomic E-state index is 5.88. The Morgan fingerprint density at radius 2 is 2.41 bits per heavy atom. The molecular formula is C12H19N3O2. The van der Waals surface area contributed by atoms with Gasteiger partial charge < -0.3 is 14.8 Å². The number of hydrogen-bond acceptors (Lipinski definition) is 5. The molecule has 1 saturated heterocycles. The van der Waals surface area contributed by atoms with Crippen LogP contribution in [0.5, 0.6) is 6.01 Å². The van der Waals surface area contributed by atoms with Gasteiger partial charge in [-0.3, -0.25) is 0 Å². The van der Waals surface area contributed by atoms with E-state index in [9.17, 15) is 0 Å². The number of rotatable bonds is 3. The highest BCUT2D eigenvalue weighted by Gasteiger charge is 2.28. The van der Waals surface area contributed by atoms with Crippen LogP contribution in [0.4, 0.5) is 0 Å². The normalized spacial score (nSPS) is 23.4. The lowest BCUT2D eigenvalue weighted by Gasteiger charge is -2.36. The van der Waals surface area contributed by atoms with Gasteiger partial charge in [-0.15, -0.1) is 0 Å². The average molecular weight is 237 g/mol. The second-order valence-corrected chi connectivity index (χ2v) is 4.92. The zero-order chi connectivity index (χ0) is 12.3. The van der Waals surface area contributed by atoms with E-state index in [0.29, 0.717) is 12.6 Å². The van der Waals surface area contributed by atoms with Crippen molar-refractivity contribution in [1.29, 1.82) is 0 Å². The van der Waals surface area contributed by atoms with Gasteiger partial charge in [0.15, 0.2) is 0 Å². The van der Waals surface area contributed by atoms with Gasteiger partial charge in [0, 0.05) is 25.0 Å². The topological polar surface area (TPSA) is 56.3 Å². The molecule has 0 bridgehead atoms. The fourth-order valence-electron chi connectivity index (χ4n) is 1.82. The van der Waals surface area contributed by atoms with Crippen molar-refractivity contribution in [1.82, 2.24) is 15.3 Å². The van der Waals surface area contributed by atoms with E-state index in [2.05, 4.69) is 29.1 Å². The molecule has 0 aromatic carbocycles. The van der Waals surface area contributed by atoms with Crippen molar-refractivity contribution >= 4 is 0 Å². The van der Waals surface area contributed by atoms with Gasteiger partial charge in [0.1, 0.15) is 12.7 Å². The summed E-state index contributed by atoms with van der Waals surface area (Å²) in [5.41, 5.74) is 0.762. The Hall–Kier alpha value is -1.20. The quantitative estimate of drug-likeness (QED) is 0.847. The lowest BCUT2D eigenvalue weighted by atomic mass is 10.1. The van der Waals surface area contributed by atoms with Crippen LogP contribution in [-0.4, -0.2) is 41.4 Å². The van der Waals surface area contributed by atoms with Crippen molar-refractivity contribution in [3.05, 3.63) is 18.0 Å². The summed E-state index contributed by atoms with van der Waals surface area (Å²) in [7, 11) is 0. The summed E-state index contributed by atoms with van der Waals surface area (Å²) in [4.78, 5) is 8.24. The zero-order valence-electron chi connectivity index (χ0n) is 10.6. The number of ether oxygens (including phenoxy) is 2. The molecule has 1 aliphatic rings. The molecule has 94 valence electrons. The predicted molar refractivity (Wildman–Crippen MR) is 64.1 cm³/mol. The SMILES string of the molecule is Cc1ccnc(OCC2CNCC(C)(C)O2)n1. The summed E-state index contributed by atoms with van der Waals surface area (Å²) in [6, 6.07) is 2.26. The number of nitrogens with one attached hydrogen (secondary N) is 1. The molecule has 1 aliphatic heterocycles. The first-order valence-corrected chi connectivity index (χ1v) is 5.86. The number of aromatic nitrogens is 2. The van der Waals surface area contributed by atoms with Crippen molar-refractivity contribution in [2.75, 3.05) is 19.7 Å². The van der Waals surface area contributed by atoms with E-state index >= 15 is 0 Å². The van der Waals surface area contributed by atoms with Crippen molar-refractivity contribution in [3.8, 4) is 6.01 Å². The van der Waals surface area contributed by atoms with Crippen LogP contribution >= 0.6 is 0 Å². The lowest BCUT2D eigenvalue weighted by Crippen LogP contribution is -2.52. The van der Waals surface area contributed by atoms with Gasteiger partial charge in [-0.1, -0.05) is 0 Å². The first-order valence-electron chi connectivity index (χ1n) is 5.86. The number of nitrogens with zero attached hydrogens (tertiary/aromatic N) is 2. The molecule has 1 fully saturated rings. The average Bonchev–Trinajstić information content (AvgIpc) is 2.25. The van der Waals surface area contributed by atoms with Crippen molar-refractivity contribution in [2.45, 2.75) is 32.5 Å². The Balaban J connectivity index is 1.86. The number of morpholine rings is 1. The Morgan fingerprint density at radius 3 is 3.12 bits per heavy atom. The van der Waals surface area contributed by atoms with E-state index in [4.69, 9.17) is 9.47 Å². The first-order chi connectivity index (χ1) is 8.05. The summed E-state index contributed by atoms with van der Waals surface area (Å²) in [5, 5.41) is 3.33. The highest BCUT2D eigenvalue weighted by Crippen LogP contribution is 2.15. The van der Waals surface area contributed by atoms with Gasteiger partial charge in [-0.25, -0.2) is 9.97 Å². The molecule has 0 aliphatic carbocycles. The molecule has 2 heterocycles. The summed E-state index contributed by atoms with van der Waals surface area (Å²) in [6.07, 6.45) is 1.74. The molecule has 0 saturated carbocycles. The van der Waals surface area contributed by atoms with E-state index in [1.807, 2.05) is 13.0 Å². The smallest absolute Gasteiger partial charge is 0.316 e. The number of aryl methyl sites for hydroxylation is 1. The largest absolute Gasteiger partial charge is 0.461 e. The van der Waals surface area contributed by atoms with Gasteiger partial charge in [-0.2, -0.15) is 0 Å². The van der Waals surface area contributed by atoms with E-state index in [0.717, 1.165) is 18.8 Å². The third kappa shape index (κ3) is 3.64. The fraction of sp³-hybridized carbons (Fsp3) is 0.667. The number of hydrogen-bond donors (Lipinski definition) is 1.